The molecule has 0 spiro atoms. The summed E-state index contributed by atoms with van der Waals surface area (Å²) in [7, 11) is 1.74. The molecule has 0 aromatic carbocycles. The van der Waals surface area contributed by atoms with E-state index in [-0.39, 0.29) is 5.91 Å². The Balaban J connectivity index is 2.24. The average molecular weight is 211 g/mol. The molecule has 5 nitrogen and oxygen atoms in total. The number of rotatable bonds is 4. The van der Waals surface area contributed by atoms with Crippen molar-refractivity contribution in [1.82, 2.24) is 9.80 Å². The number of hydrogen-bond donors (Lipinski definition) is 0. The zero-order valence-electron chi connectivity index (χ0n) is 9.11. The molecule has 0 aromatic heterocycles. The van der Waals surface area contributed by atoms with E-state index in [1.54, 1.807) is 11.9 Å². The van der Waals surface area contributed by atoms with Gasteiger partial charge in [0.1, 0.15) is 0 Å². The molecular weight excluding hydrogens is 194 g/mol. The van der Waals surface area contributed by atoms with Crippen LogP contribution in [0.2, 0.25) is 0 Å². The molecule has 0 atom stereocenters. The topological polar surface area (TPSA) is 56.6 Å². The fourth-order valence-electron chi connectivity index (χ4n) is 1.41. The molecule has 0 unspecified atom stereocenters. The molecule has 0 bridgehead atoms. The van der Waals surface area contributed by atoms with Crippen molar-refractivity contribution in [2.75, 3.05) is 46.4 Å². The first-order valence-corrected chi connectivity index (χ1v) is 5.15. The highest BCUT2D eigenvalue weighted by atomic mass is 16.5. The molecule has 5 heteroatoms. The van der Waals surface area contributed by atoms with Crippen LogP contribution in [-0.2, 0) is 9.53 Å². The summed E-state index contributed by atoms with van der Waals surface area (Å²) in [5, 5.41) is 8.40. The van der Waals surface area contributed by atoms with Gasteiger partial charge in [0, 0.05) is 26.7 Å². The molecule has 0 saturated carbocycles. The predicted molar refractivity (Wildman–Crippen MR) is 55.1 cm³/mol. The Morgan fingerprint density at radius 1 is 1.53 bits per heavy atom. The molecule has 1 aliphatic rings. The van der Waals surface area contributed by atoms with Crippen LogP contribution in [0.1, 0.15) is 6.42 Å². The second-order valence-corrected chi connectivity index (χ2v) is 3.61. The van der Waals surface area contributed by atoms with E-state index >= 15 is 0 Å². The predicted octanol–water partition coefficient (Wildman–Crippen LogP) is -0.309. The Bertz CT molecular complexity index is 244. The first-order chi connectivity index (χ1) is 7.24. The van der Waals surface area contributed by atoms with Crippen LogP contribution < -0.4 is 0 Å². The summed E-state index contributed by atoms with van der Waals surface area (Å²) in [6, 6.07) is 2.03. The quantitative estimate of drug-likeness (QED) is 0.640. The Morgan fingerprint density at radius 2 is 2.20 bits per heavy atom. The SMILES string of the molecule is CN(CCC#N)C(=O)CN1CCOCC1. The van der Waals surface area contributed by atoms with E-state index in [2.05, 4.69) is 4.90 Å². The molecule has 84 valence electrons. The Hall–Kier alpha value is -1.12. The van der Waals surface area contributed by atoms with E-state index in [0.717, 1.165) is 13.1 Å². The van der Waals surface area contributed by atoms with Crippen molar-refractivity contribution in [2.45, 2.75) is 6.42 Å². The highest BCUT2D eigenvalue weighted by Gasteiger charge is 2.16. The molecular formula is C10H17N3O2. The number of nitriles is 1. The lowest BCUT2D eigenvalue weighted by Crippen LogP contribution is -2.43. The summed E-state index contributed by atoms with van der Waals surface area (Å²) in [6.45, 7) is 3.99. The van der Waals surface area contributed by atoms with Crippen LogP contribution in [0.15, 0.2) is 0 Å². The fourth-order valence-corrected chi connectivity index (χ4v) is 1.41. The van der Waals surface area contributed by atoms with Crippen LogP contribution in [-0.4, -0.2) is 62.1 Å². The number of carbonyl (C=O) groups is 1. The van der Waals surface area contributed by atoms with Crippen LogP contribution >= 0.6 is 0 Å². The summed E-state index contributed by atoms with van der Waals surface area (Å²) in [5.41, 5.74) is 0. The van der Waals surface area contributed by atoms with Crippen molar-refractivity contribution in [3.63, 3.8) is 0 Å². The average Bonchev–Trinajstić information content (AvgIpc) is 2.27. The first-order valence-electron chi connectivity index (χ1n) is 5.15. The van der Waals surface area contributed by atoms with Gasteiger partial charge in [-0.25, -0.2) is 0 Å². The van der Waals surface area contributed by atoms with E-state index in [4.69, 9.17) is 10.00 Å². The van der Waals surface area contributed by atoms with Gasteiger partial charge in [0.2, 0.25) is 5.91 Å². The minimum Gasteiger partial charge on any atom is -0.379 e. The molecule has 1 aliphatic heterocycles. The van der Waals surface area contributed by atoms with Gasteiger partial charge >= 0.3 is 0 Å². The molecule has 0 N–H and O–H groups in total. The van der Waals surface area contributed by atoms with Crippen LogP contribution in [0.5, 0.6) is 0 Å². The summed E-state index contributed by atoms with van der Waals surface area (Å²) in [4.78, 5) is 15.3. The Morgan fingerprint density at radius 3 is 2.80 bits per heavy atom. The lowest BCUT2D eigenvalue weighted by atomic mass is 10.3. The summed E-state index contributed by atoms with van der Waals surface area (Å²) >= 11 is 0. The zero-order valence-corrected chi connectivity index (χ0v) is 9.11. The maximum atomic E-state index is 11.7. The number of likely N-dealkylation sites (N-methyl/N-ethyl adjacent to an activating group) is 1. The van der Waals surface area contributed by atoms with Crippen LogP contribution in [0.4, 0.5) is 0 Å². The first kappa shape index (κ1) is 12.0. The highest BCUT2D eigenvalue weighted by Crippen LogP contribution is 1.98. The molecule has 1 amide bonds. The van der Waals surface area contributed by atoms with Crippen molar-refractivity contribution in [2.24, 2.45) is 0 Å². The standard InChI is InChI=1S/C10H17N3O2/c1-12(4-2-3-11)10(14)9-13-5-7-15-8-6-13/h2,4-9H2,1H3. The molecule has 1 heterocycles. The number of nitrogens with zero attached hydrogens (tertiary/aromatic N) is 3. The third-order valence-corrected chi connectivity index (χ3v) is 2.45. The number of morpholine rings is 1. The minimum atomic E-state index is 0.0761. The number of amides is 1. The van der Waals surface area contributed by atoms with Crippen molar-refractivity contribution in [3.8, 4) is 6.07 Å². The van der Waals surface area contributed by atoms with Gasteiger partial charge < -0.3 is 9.64 Å². The van der Waals surface area contributed by atoms with Crippen molar-refractivity contribution >= 4 is 5.91 Å². The summed E-state index contributed by atoms with van der Waals surface area (Å²) in [6.07, 6.45) is 0.394. The molecule has 0 aliphatic carbocycles. The molecule has 0 radical (unpaired) electrons. The maximum Gasteiger partial charge on any atom is 0.236 e. The van der Waals surface area contributed by atoms with Gasteiger partial charge in [-0.05, 0) is 0 Å². The van der Waals surface area contributed by atoms with Crippen molar-refractivity contribution in [3.05, 3.63) is 0 Å². The second kappa shape index (κ2) is 6.38. The van der Waals surface area contributed by atoms with Crippen LogP contribution in [0.3, 0.4) is 0 Å². The number of ether oxygens (including phenoxy) is 1. The molecule has 15 heavy (non-hydrogen) atoms. The van der Waals surface area contributed by atoms with Crippen molar-refractivity contribution in [1.29, 1.82) is 5.26 Å². The lowest BCUT2D eigenvalue weighted by Gasteiger charge is -2.27. The van der Waals surface area contributed by atoms with Gasteiger partial charge in [0.15, 0.2) is 0 Å². The van der Waals surface area contributed by atoms with Gasteiger partial charge in [0.05, 0.1) is 32.2 Å². The van der Waals surface area contributed by atoms with Crippen LogP contribution in [0.25, 0.3) is 0 Å². The third kappa shape index (κ3) is 4.28. The van der Waals surface area contributed by atoms with E-state index in [0.29, 0.717) is 32.7 Å². The largest absolute Gasteiger partial charge is 0.379 e. The molecule has 1 saturated heterocycles. The van der Waals surface area contributed by atoms with Crippen molar-refractivity contribution < 1.29 is 9.53 Å². The molecule has 0 aromatic rings. The van der Waals surface area contributed by atoms with Gasteiger partial charge in [-0.15, -0.1) is 0 Å². The number of carbonyl (C=O) groups excluding carboxylic acids is 1. The molecule has 1 fully saturated rings. The zero-order chi connectivity index (χ0) is 11.1. The fraction of sp³-hybridized carbons (Fsp3) is 0.800. The number of hydrogen-bond acceptors (Lipinski definition) is 4. The smallest absolute Gasteiger partial charge is 0.236 e. The Kier molecular flexibility index (Phi) is 5.08. The summed E-state index contributed by atoms with van der Waals surface area (Å²) < 4.78 is 5.20. The van der Waals surface area contributed by atoms with Gasteiger partial charge in [-0.1, -0.05) is 0 Å². The highest BCUT2D eigenvalue weighted by molar-refractivity contribution is 5.78. The van der Waals surface area contributed by atoms with Gasteiger partial charge in [0.25, 0.3) is 0 Å². The van der Waals surface area contributed by atoms with Gasteiger partial charge in [-0.3, -0.25) is 9.69 Å². The monoisotopic (exact) mass is 211 g/mol. The van der Waals surface area contributed by atoms with E-state index < -0.39 is 0 Å². The van der Waals surface area contributed by atoms with Gasteiger partial charge in [-0.2, -0.15) is 5.26 Å². The maximum absolute atomic E-state index is 11.7. The van der Waals surface area contributed by atoms with E-state index in [9.17, 15) is 4.79 Å². The third-order valence-electron chi connectivity index (χ3n) is 2.45. The second-order valence-electron chi connectivity index (χ2n) is 3.61. The minimum absolute atomic E-state index is 0.0761. The molecule has 1 rings (SSSR count). The van der Waals surface area contributed by atoms with E-state index in [1.165, 1.54) is 0 Å². The Labute approximate surface area is 90.2 Å². The van der Waals surface area contributed by atoms with Crippen LogP contribution in [0, 0.1) is 11.3 Å². The normalized spacial score (nSPS) is 17.1. The lowest BCUT2D eigenvalue weighted by molar-refractivity contribution is -0.132. The van der Waals surface area contributed by atoms with E-state index in [1.807, 2.05) is 6.07 Å². The summed E-state index contributed by atoms with van der Waals surface area (Å²) in [5.74, 6) is 0.0761.